The Kier molecular flexibility index (Phi) is 3.69. The van der Waals surface area contributed by atoms with Gasteiger partial charge in [0.2, 0.25) is 0 Å². The first-order valence-electron chi connectivity index (χ1n) is 5.73. The quantitative estimate of drug-likeness (QED) is 0.570. The molecule has 7 nitrogen and oxygen atoms in total. The summed E-state index contributed by atoms with van der Waals surface area (Å²) >= 11 is 0. The van der Waals surface area contributed by atoms with Crippen LogP contribution < -0.4 is 11.3 Å². The molecule has 1 aromatic heterocycles. The molecule has 7 heteroatoms. The number of carbonyl (C=O) groups is 1. The summed E-state index contributed by atoms with van der Waals surface area (Å²) in [5, 5.41) is 8.61. The molecular weight excluding hydrogens is 232 g/mol. The van der Waals surface area contributed by atoms with Crippen LogP contribution in [0, 0.1) is 11.3 Å². The van der Waals surface area contributed by atoms with E-state index in [1.54, 1.807) is 4.90 Å². The first-order chi connectivity index (χ1) is 8.76. The van der Waals surface area contributed by atoms with Crippen molar-refractivity contribution in [2.75, 3.05) is 12.0 Å². The molecule has 3 N–H and O–H groups in total. The number of nitrogens with one attached hydrogen (secondary N) is 1. The van der Waals surface area contributed by atoms with Crippen molar-refractivity contribution in [1.29, 1.82) is 5.26 Å². The molecule has 0 spiro atoms. The fraction of sp³-hybridized carbons (Fsp3) is 0.455. The lowest BCUT2D eigenvalue weighted by atomic mass is 10.3. The van der Waals surface area contributed by atoms with Crippen molar-refractivity contribution in [2.24, 2.45) is 5.84 Å². The molecule has 0 aromatic carbocycles. The van der Waals surface area contributed by atoms with Crippen LogP contribution in [0.15, 0.2) is 12.4 Å². The number of nitrogen functional groups attached to an aromatic ring is 1. The number of hydrogen-bond acceptors (Lipinski definition) is 6. The highest BCUT2D eigenvalue weighted by molar-refractivity contribution is 5.92. The molecule has 2 rings (SSSR count). The Labute approximate surface area is 105 Å². The molecule has 0 bridgehead atoms. The summed E-state index contributed by atoms with van der Waals surface area (Å²) in [5.41, 5.74) is 2.60. The van der Waals surface area contributed by atoms with Crippen LogP contribution in [0.4, 0.5) is 5.82 Å². The molecule has 18 heavy (non-hydrogen) atoms. The Balaban J connectivity index is 2.14. The highest BCUT2D eigenvalue weighted by Gasteiger charge is 2.33. The van der Waals surface area contributed by atoms with Crippen molar-refractivity contribution in [3.8, 4) is 6.07 Å². The topological polar surface area (TPSA) is 108 Å². The first kappa shape index (κ1) is 12.3. The maximum Gasteiger partial charge on any atom is 0.274 e. The fourth-order valence-electron chi connectivity index (χ4n) is 1.69. The Hall–Kier alpha value is -2.20. The van der Waals surface area contributed by atoms with E-state index in [4.69, 9.17) is 11.1 Å². The van der Waals surface area contributed by atoms with Crippen molar-refractivity contribution in [3.05, 3.63) is 18.1 Å². The van der Waals surface area contributed by atoms with Crippen molar-refractivity contribution in [3.63, 3.8) is 0 Å². The van der Waals surface area contributed by atoms with E-state index in [9.17, 15) is 4.79 Å². The molecule has 0 saturated heterocycles. The number of carbonyl (C=O) groups excluding carboxylic acids is 1. The summed E-state index contributed by atoms with van der Waals surface area (Å²) in [6, 6.07) is 2.29. The monoisotopic (exact) mass is 246 g/mol. The molecule has 1 amide bonds. The SMILES string of the molecule is N#CCCN(C(=O)c1cncc(NN)n1)C1CC1. The second-order valence-corrected chi connectivity index (χ2v) is 4.07. The van der Waals surface area contributed by atoms with Gasteiger partial charge in [-0.15, -0.1) is 0 Å². The van der Waals surface area contributed by atoms with Crippen molar-refractivity contribution >= 4 is 11.7 Å². The molecule has 1 aliphatic rings. The normalized spacial score (nSPS) is 13.8. The number of nitrogens with two attached hydrogens (primary N) is 1. The molecule has 0 radical (unpaired) electrons. The highest BCUT2D eigenvalue weighted by Crippen LogP contribution is 2.28. The van der Waals surface area contributed by atoms with Gasteiger partial charge in [0.1, 0.15) is 5.69 Å². The van der Waals surface area contributed by atoms with Crippen molar-refractivity contribution in [1.82, 2.24) is 14.9 Å². The van der Waals surface area contributed by atoms with Gasteiger partial charge in [-0.25, -0.2) is 10.8 Å². The second-order valence-electron chi connectivity index (χ2n) is 4.07. The van der Waals surface area contributed by atoms with Crippen molar-refractivity contribution < 1.29 is 4.79 Å². The van der Waals surface area contributed by atoms with Crippen LogP contribution in [0.5, 0.6) is 0 Å². The second kappa shape index (κ2) is 5.42. The Morgan fingerprint density at radius 3 is 3.00 bits per heavy atom. The number of hydrazine groups is 1. The zero-order valence-electron chi connectivity index (χ0n) is 9.83. The lowest BCUT2D eigenvalue weighted by Crippen LogP contribution is -2.34. The Morgan fingerprint density at radius 2 is 2.39 bits per heavy atom. The van der Waals surface area contributed by atoms with E-state index < -0.39 is 0 Å². The molecule has 1 aromatic rings. The van der Waals surface area contributed by atoms with Gasteiger partial charge in [0.15, 0.2) is 5.82 Å². The predicted molar refractivity (Wildman–Crippen MR) is 64.1 cm³/mol. The van der Waals surface area contributed by atoms with Crippen LogP contribution in [0.2, 0.25) is 0 Å². The van der Waals surface area contributed by atoms with E-state index in [-0.39, 0.29) is 17.6 Å². The lowest BCUT2D eigenvalue weighted by molar-refractivity contribution is 0.0740. The summed E-state index contributed by atoms with van der Waals surface area (Å²) in [7, 11) is 0. The average Bonchev–Trinajstić information content (AvgIpc) is 3.23. The zero-order chi connectivity index (χ0) is 13.0. The van der Waals surface area contributed by atoms with Gasteiger partial charge in [0.25, 0.3) is 5.91 Å². The van der Waals surface area contributed by atoms with E-state index in [1.807, 2.05) is 6.07 Å². The third kappa shape index (κ3) is 2.73. The number of rotatable bonds is 5. The average molecular weight is 246 g/mol. The minimum absolute atomic E-state index is 0.197. The van der Waals surface area contributed by atoms with Crippen LogP contribution in [-0.4, -0.2) is 33.4 Å². The third-order valence-corrected chi connectivity index (χ3v) is 2.71. The molecular formula is C11H14N6O. The molecule has 1 fully saturated rings. The van der Waals surface area contributed by atoms with Gasteiger partial charge >= 0.3 is 0 Å². The predicted octanol–water partition coefficient (Wildman–Crippen LogP) is 0.280. The third-order valence-electron chi connectivity index (χ3n) is 2.71. The van der Waals surface area contributed by atoms with Crippen molar-refractivity contribution in [2.45, 2.75) is 25.3 Å². The zero-order valence-corrected chi connectivity index (χ0v) is 9.83. The molecule has 1 aliphatic carbocycles. The molecule has 1 heterocycles. The van der Waals surface area contributed by atoms with E-state index in [1.165, 1.54) is 12.4 Å². The minimum Gasteiger partial charge on any atom is -0.333 e. The molecule has 0 atom stereocenters. The van der Waals surface area contributed by atoms with Gasteiger partial charge in [-0.3, -0.25) is 9.78 Å². The van der Waals surface area contributed by atoms with Crippen LogP contribution in [-0.2, 0) is 0 Å². The number of nitrogens with zero attached hydrogens (tertiary/aromatic N) is 4. The maximum absolute atomic E-state index is 12.2. The first-order valence-corrected chi connectivity index (χ1v) is 5.73. The van der Waals surface area contributed by atoms with Crippen LogP contribution in [0.25, 0.3) is 0 Å². The number of aromatic nitrogens is 2. The fourth-order valence-corrected chi connectivity index (χ4v) is 1.69. The molecule has 1 saturated carbocycles. The molecule has 94 valence electrons. The van der Waals surface area contributed by atoms with Crippen LogP contribution in [0.3, 0.4) is 0 Å². The summed E-state index contributed by atoms with van der Waals surface area (Å²) < 4.78 is 0. The van der Waals surface area contributed by atoms with E-state index in [0.29, 0.717) is 18.8 Å². The largest absolute Gasteiger partial charge is 0.333 e. The number of anilines is 1. The van der Waals surface area contributed by atoms with Crippen LogP contribution in [0.1, 0.15) is 29.8 Å². The van der Waals surface area contributed by atoms with E-state index in [2.05, 4.69) is 15.4 Å². The van der Waals surface area contributed by atoms with E-state index >= 15 is 0 Å². The Bertz CT molecular complexity index is 479. The smallest absolute Gasteiger partial charge is 0.274 e. The van der Waals surface area contributed by atoms with Gasteiger partial charge in [-0.1, -0.05) is 0 Å². The van der Waals surface area contributed by atoms with Crippen LogP contribution >= 0.6 is 0 Å². The summed E-state index contributed by atoms with van der Waals surface area (Å²) in [4.78, 5) is 21.9. The van der Waals surface area contributed by atoms with E-state index in [0.717, 1.165) is 12.8 Å². The number of hydrogen-bond donors (Lipinski definition) is 2. The van der Waals surface area contributed by atoms with Gasteiger partial charge in [0, 0.05) is 12.6 Å². The maximum atomic E-state index is 12.2. The minimum atomic E-state index is -0.197. The lowest BCUT2D eigenvalue weighted by Gasteiger charge is -2.20. The van der Waals surface area contributed by atoms with Gasteiger partial charge < -0.3 is 10.3 Å². The number of nitriles is 1. The summed E-state index contributed by atoms with van der Waals surface area (Å²) in [6.45, 7) is 0.433. The number of amides is 1. The van der Waals surface area contributed by atoms with Gasteiger partial charge in [-0.2, -0.15) is 5.26 Å². The summed E-state index contributed by atoms with van der Waals surface area (Å²) in [6.07, 6.45) is 5.14. The standard InChI is InChI=1S/C11H14N6O/c12-4-1-5-17(8-2-3-8)11(18)9-6-14-7-10(15-9)16-13/h6-8H,1-3,5,13H2,(H,15,16). The molecule has 0 unspecified atom stereocenters. The van der Waals surface area contributed by atoms with Gasteiger partial charge in [0.05, 0.1) is 24.9 Å². The summed E-state index contributed by atoms with van der Waals surface area (Å²) in [5.74, 6) is 5.37. The molecule has 0 aliphatic heterocycles. The highest BCUT2D eigenvalue weighted by atomic mass is 16.2. The Morgan fingerprint density at radius 1 is 1.61 bits per heavy atom. The van der Waals surface area contributed by atoms with Gasteiger partial charge in [-0.05, 0) is 12.8 Å².